The van der Waals surface area contributed by atoms with Gasteiger partial charge in [-0.15, -0.1) is 12.4 Å². The lowest BCUT2D eigenvalue weighted by atomic mass is 9.98. The van der Waals surface area contributed by atoms with Gasteiger partial charge in [-0.2, -0.15) is 0 Å². The van der Waals surface area contributed by atoms with Crippen LogP contribution in [0.1, 0.15) is 30.0 Å². The Balaban J connectivity index is 0.00000312. The minimum absolute atomic E-state index is 0. The molecule has 4 nitrogen and oxygen atoms in total. The monoisotopic (exact) mass is 362 g/mol. The van der Waals surface area contributed by atoms with Gasteiger partial charge in [-0.1, -0.05) is 60.7 Å². The third-order valence-corrected chi connectivity index (χ3v) is 4.11. The van der Waals surface area contributed by atoms with E-state index in [0.717, 1.165) is 18.4 Å². The standard InChI is InChI=1S/C20H26N2O2.ClH/c1-24-18(15-21)14-20(23)22-19(17-10-6-3-7-11-17)13-12-16-8-4-2-5-9-16;/h2-11,18-19H,12-15,21H2,1H3,(H,22,23);1H. The van der Waals surface area contributed by atoms with Crippen molar-refractivity contribution in [2.45, 2.75) is 31.4 Å². The van der Waals surface area contributed by atoms with Gasteiger partial charge in [0.1, 0.15) is 0 Å². The van der Waals surface area contributed by atoms with Gasteiger partial charge in [0.15, 0.2) is 0 Å². The van der Waals surface area contributed by atoms with Crippen molar-refractivity contribution in [2.75, 3.05) is 13.7 Å². The Hall–Kier alpha value is -1.88. The molecule has 5 heteroatoms. The van der Waals surface area contributed by atoms with Crippen molar-refractivity contribution in [1.82, 2.24) is 5.32 Å². The highest BCUT2D eigenvalue weighted by atomic mass is 35.5. The van der Waals surface area contributed by atoms with Crippen LogP contribution in [0, 0.1) is 0 Å². The van der Waals surface area contributed by atoms with E-state index in [1.165, 1.54) is 5.56 Å². The van der Waals surface area contributed by atoms with Gasteiger partial charge in [0.05, 0.1) is 18.6 Å². The Morgan fingerprint density at radius 1 is 1.08 bits per heavy atom. The summed E-state index contributed by atoms with van der Waals surface area (Å²) in [5.41, 5.74) is 7.99. The maximum absolute atomic E-state index is 12.3. The molecule has 3 N–H and O–H groups in total. The highest BCUT2D eigenvalue weighted by Gasteiger charge is 2.17. The average molecular weight is 363 g/mol. The first-order valence-electron chi connectivity index (χ1n) is 8.34. The Morgan fingerprint density at radius 3 is 2.24 bits per heavy atom. The number of carbonyl (C=O) groups is 1. The van der Waals surface area contributed by atoms with E-state index >= 15 is 0 Å². The number of nitrogens with one attached hydrogen (secondary N) is 1. The van der Waals surface area contributed by atoms with Gasteiger partial charge in [-0.05, 0) is 24.0 Å². The predicted molar refractivity (Wildman–Crippen MR) is 104 cm³/mol. The van der Waals surface area contributed by atoms with E-state index in [2.05, 4.69) is 17.4 Å². The second-order valence-corrected chi connectivity index (χ2v) is 5.85. The summed E-state index contributed by atoms with van der Waals surface area (Å²) in [5, 5.41) is 3.13. The normalized spacial score (nSPS) is 12.7. The summed E-state index contributed by atoms with van der Waals surface area (Å²) in [6.07, 6.45) is 1.79. The van der Waals surface area contributed by atoms with E-state index in [0.29, 0.717) is 6.54 Å². The molecule has 2 atom stereocenters. The van der Waals surface area contributed by atoms with Crippen molar-refractivity contribution >= 4 is 18.3 Å². The summed E-state index contributed by atoms with van der Waals surface area (Å²) in [7, 11) is 1.58. The second kappa shape index (κ2) is 11.6. The molecule has 2 aromatic carbocycles. The van der Waals surface area contributed by atoms with Gasteiger partial charge < -0.3 is 15.8 Å². The zero-order valence-electron chi connectivity index (χ0n) is 14.6. The molecule has 0 bridgehead atoms. The molecular weight excluding hydrogens is 336 g/mol. The molecule has 0 saturated heterocycles. The number of aryl methyl sites for hydroxylation is 1. The molecule has 1 amide bonds. The zero-order chi connectivity index (χ0) is 17.2. The SMILES string of the molecule is COC(CN)CC(=O)NC(CCc1ccccc1)c1ccccc1.Cl. The van der Waals surface area contributed by atoms with E-state index in [9.17, 15) is 4.79 Å². The highest BCUT2D eigenvalue weighted by molar-refractivity contribution is 5.85. The maximum Gasteiger partial charge on any atom is 0.223 e. The summed E-state index contributed by atoms with van der Waals surface area (Å²) in [6.45, 7) is 0.337. The van der Waals surface area contributed by atoms with Crippen molar-refractivity contribution in [3.05, 3.63) is 71.8 Å². The molecule has 0 radical (unpaired) electrons. The first-order chi connectivity index (χ1) is 11.7. The molecule has 0 aliphatic rings. The predicted octanol–water partition coefficient (Wildman–Crippen LogP) is 3.26. The molecule has 2 rings (SSSR count). The lowest BCUT2D eigenvalue weighted by molar-refractivity contribution is -0.124. The van der Waals surface area contributed by atoms with Crippen molar-refractivity contribution in [2.24, 2.45) is 5.73 Å². The third-order valence-electron chi connectivity index (χ3n) is 4.11. The van der Waals surface area contributed by atoms with E-state index < -0.39 is 0 Å². The molecule has 0 aromatic heterocycles. The Kier molecular flexibility index (Phi) is 9.85. The Bertz CT molecular complexity index is 604. The van der Waals surface area contributed by atoms with Crippen molar-refractivity contribution in [1.29, 1.82) is 0 Å². The number of benzene rings is 2. The Morgan fingerprint density at radius 2 is 1.68 bits per heavy atom. The van der Waals surface area contributed by atoms with Crippen molar-refractivity contribution in [3.8, 4) is 0 Å². The second-order valence-electron chi connectivity index (χ2n) is 5.85. The molecule has 2 aromatic rings. The molecular formula is C20H27ClN2O2. The lowest BCUT2D eigenvalue weighted by Gasteiger charge is -2.21. The Labute approximate surface area is 156 Å². The summed E-state index contributed by atoms with van der Waals surface area (Å²) >= 11 is 0. The summed E-state index contributed by atoms with van der Waals surface area (Å²) in [5.74, 6) is -0.0331. The van der Waals surface area contributed by atoms with Crippen molar-refractivity contribution < 1.29 is 9.53 Å². The largest absolute Gasteiger partial charge is 0.380 e. The number of methoxy groups -OCH3 is 1. The van der Waals surface area contributed by atoms with Crippen LogP contribution in [0.3, 0.4) is 0 Å². The van der Waals surface area contributed by atoms with Crippen LogP contribution in [-0.4, -0.2) is 25.7 Å². The number of hydrogen-bond acceptors (Lipinski definition) is 3. The summed E-state index contributed by atoms with van der Waals surface area (Å²) in [4.78, 5) is 12.3. The number of amides is 1. The number of ether oxygens (including phenoxy) is 1. The fourth-order valence-electron chi connectivity index (χ4n) is 2.69. The van der Waals surface area contributed by atoms with E-state index in [1.807, 2.05) is 48.5 Å². The van der Waals surface area contributed by atoms with Crippen LogP contribution in [0.25, 0.3) is 0 Å². The van der Waals surface area contributed by atoms with Gasteiger partial charge in [-0.3, -0.25) is 4.79 Å². The minimum Gasteiger partial charge on any atom is -0.380 e. The topological polar surface area (TPSA) is 64.3 Å². The molecule has 0 spiro atoms. The molecule has 0 aliphatic heterocycles. The summed E-state index contributed by atoms with van der Waals surface area (Å²) < 4.78 is 5.20. The van der Waals surface area contributed by atoms with Crippen LogP contribution >= 0.6 is 12.4 Å². The first kappa shape index (κ1) is 21.2. The third kappa shape index (κ3) is 7.26. The number of nitrogens with two attached hydrogens (primary N) is 1. The molecule has 2 unspecified atom stereocenters. The smallest absolute Gasteiger partial charge is 0.223 e. The van der Waals surface area contributed by atoms with Gasteiger partial charge in [0.25, 0.3) is 0 Å². The van der Waals surface area contributed by atoms with Crippen molar-refractivity contribution in [3.63, 3.8) is 0 Å². The maximum atomic E-state index is 12.3. The number of carbonyl (C=O) groups excluding carboxylic acids is 1. The molecule has 0 fully saturated rings. The average Bonchev–Trinajstić information content (AvgIpc) is 2.64. The fourth-order valence-corrected chi connectivity index (χ4v) is 2.69. The number of hydrogen-bond donors (Lipinski definition) is 2. The quantitative estimate of drug-likeness (QED) is 0.719. The first-order valence-corrected chi connectivity index (χ1v) is 8.34. The van der Waals surface area contributed by atoms with Gasteiger partial charge >= 0.3 is 0 Å². The van der Waals surface area contributed by atoms with E-state index in [1.54, 1.807) is 7.11 Å². The van der Waals surface area contributed by atoms with Gasteiger partial charge in [-0.25, -0.2) is 0 Å². The van der Waals surface area contributed by atoms with Crippen LogP contribution in [0.2, 0.25) is 0 Å². The molecule has 25 heavy (non-hydrogen) atoms. The molecule has 0 aliphatic carbocycles. The van der Waals surface area contributed by atoms with E-state index in [4.69, 9.17) is 10.5 Å². The fraction of sp³-hybridized carbons (Fsp3) is 0.350. The minimum atomic E-state index is -0.240. The molecule has 136 valence electrons. The molecule has 0 saturated carbocycles. The number of rotatable bonds is 9. The highest BCUT2D eigenvalue weighted by Crippen LogP contribution is 2.19. The summed E-state index contributed by atoms with van der Waals surface area (Å²) in [6, 6.07) is 20.4. The van der Waals surface area contributed by atoms with Crippen LogP contribution in [0.5, 0.6) is 0 Å². The van der Waals surface area contributed by atoms with Crippen LogP contribution < -0.4 is 11.1 Å². The number of halogens is 1. The van der Waals surface area contributed by atoms with Gasteiger partial charge in [0, 0.05) is 13.7 Å². The molecule has 0 heterocycles. The van der Waals surface area contributed by atoms with Crippen LogP contribution in [0.15, 0.2) is 60.7 Å². The van der Waals surface area contributed by atoms with Gasteiger partial charge in [0.2, 0.25) is 5.91 Å². The van der Waals surface area contributed by atoms with Crippen LogP contribution in [0.4, 0.5) is 0 Å². The van der Waals surface area contributed by atoms with E-state index in [-0.39, 0.29) is 36.9 Å². The lowest BCUT2D eigenvalue weighted by Crippen LogP contribution is -2.34. The zero-order valence-corrected chi connectivity index (χ0v) is 15.4. The van der Waals surface area contributed by atoms with Crippen LogP contribution in [-0.2, 0) is 16.0 Å².